The largest absolute Gasteiger partial charge is 0.496 e. The fourth-order valence-corrected chi connectivity index (χ4v) is 2.52. The lowest BCUT2D eigenvalue weighted by Gasteiger charge is -2.17. The van der Waals surface area contributed by atoms with Crippen LogP contribution in [-0.2, 0) is 11.2 Å². The van der Waals surface area contributed by atoms with E-state index in [9.17, 15) is 0 Å². The molecule has 1 aliphatic rings. The van der Waals surface area contributed by atoms with E-state index in [1.54, 1.807) is 14.2 Å². The number of hydrogen-bond acceptors (Lipinski definition) is 3. The van der Waals surface area contributed by atoms with Crippen LogP contribution < -0.4 is 10.1 Å². The van der Waals surface area contributed by atoms with Crippen LogP contribution in [-0.4, -0.2) is 26.9 Å². The second-order valence-corrected chi connectivity index (χ2v) is 5.68. The minimum absolute atomic E-state index is 0.422. The predicted molar refractivity (Wildman–Crippen MR) is 82.4 cm³/mol. The molecular weight excluding hydrogens is 250 g/mol. The average molecular weight is 277 g/mol. The first kappa shape index (κ1) is 15.3. The summed E-state index contributed by atoms with van der Waals surface area (Å²) in [6, 6.07) is 7.73. The number of benzene rings is 1. The summed E-state index contributed by atoms with van der Waals surface area (Å²) in [6.07, 6.45) is 5.93. The van der Waals surface area contributed by atoms with Crippen LogP contribution in [0.15, 0.2) is 18.2 Å². The Kier molecular flexibility index (Phi) is 5.86. The molecule has 3 heteroatoms. The van der Waals surface area contributed by atoms with E-state index in [1.165, 1.54) is 24.0 Å². The number of nitrogens with one attached hydrogen (secondary N) is 1. The SMILES string of the molecule is COCCCCc1cc(C(C)NC2CC2)ccc1OC. The highest BCUT2D eigenvalue weighted by Crippen LogP contribution is 2.28. The zero-order valence-corrected chi connectivity index (χ0v) is 12.9. The van der Waals surface area contributed by atoms with Gasteiger partial charge < -0.3 is 14.8 Å². The van der Waals surface area contributed by atoms with Gasteiger partial charge in [0.15, 0.2) is 0 Å². The Morgan fingerprint density at radius 2 is 2.05 bits per heavy atom. The molecule has 0 heterocycles. The topological polar surface area (TPSA) is 30.5 Å². The summed E-state index contributed by atoms with van der Waals surface area (Å²) >= 11 is 0. The lowest BCUT2D eigenvalue weighted by atomic mass is 10.0. The van der Waals surface area contributed by atoms with E-state index >= 15 is 0 Å². The molecule has 3 nitrogen and oxygen atoms in total. The van der Waals surface area contributed by atoms with Gasteiger partial charge in [-0.25, -0.2) is 0 Å². The molecule has 1 atom stereocenters. The molecule has 112 valence electrons. The fraction of sp³-hybridized carbons (Fsp3) is 0.647. The normalized spacial score (nSPS) is 16.1. The van der Waals surface area contributed by atoms with Crippen molar-refractivity contribution in [2.24, 2.45) is 0 Å². The van der Waals surface area contributed by atoms with E-state index in [4.69, 9.17) is 9.47 Å². The van der Waals surface area contributed by atoms with Crippen molar-refractivity contribution in [3.8, 4) is 5.75 Å². The molecule has 1 fully saturated rings. The van der Waals surface area contributed by atoms with Crippen LogP contribution in [0.4, 0.5) is 0 Å². The standard InChI is InChI=1S/C17H27NO2/c1-13(18-16-8-9-16)14-7-10-17(20-3)15(12-14)6-4-5-11-19-2/h7,10,12-13,16,18H,4-6,8-9,11H2,1-3H3. The van der Waals surface area contributed by atoms with Crippen LogP contribution in [0.25, 0.3) is 0 Å². The molecule has 0 aliphatic heterocycles. The Morgan fingerprint density at radius 3 is 2.70 bits per heavy atom. The molecule has 1 saturated carbocycles. The van der Waals surface area contributed by atoms with E-state index in [1.807, 2.05) is 0 Å². The summed E-state index contributed by atoms with van der Waals surface area (Å²) in [5, 5.41) is 3.65. The number of rotatable bonds is 9. The first-order valence-corrected chi connectivity index (χ1v) is 7.66. The molecule has 1 N–H and O–H groups in total. The molecular formula is C17H27NO2. The Labute approximate surface area is 122 Å². The van der Waals surface area contributed by atoms with E-state index in [0.717, 1.165) is 37.7 Å². The Hall–Kier alpha value is -1.06. The van der Waals surface area contributed by atoms with Gasteiger partial charge in [0, 0.05) is 25.8 Å². The van der Waals surface area contributed by atoms with Gasteiger partial charge in [-0.2, -0.15) is 0 Å². The third kappa shape index (κ3) is 4.50. The van der Waals surface area contributed by atoms with Crippen molar-refractivity contribution in [2.45, 2.75) is 51.1 Å². The summed E-state index contributed by atoms with van der Waals surface area (Å²) in [5.74, 6) is 1.00. The molecule has 1 unspecified atom stereocenters. The maximum absolute atomic E-state index is 5.48. The number of hydrogen-bond donors (Lipinski definition) is 1. The Bertz CT molecular complexity index is 415. The van der Waals surface area contributed by atoms with E-state index < -0.39 is 0 Å². The van der Waals surface area contributed by atoms with Crippen LogP contribution in [0.3, 0.4) is 0 Å². The van der Waals surface area contributed by atoms with Gasteiger partial charge >= 0.3 is 0 Å². The van der Waals surface area contributed by atoms with Gasteiger partial charge in [0.05, 0.1) is 7.11 Å². The van der Waals surface area contributed by atoms with Crippen molar-refractivity contribution < 1.29 is 9.47 Å². The molecule has 0 radical (unpaired) electrons. The van der Waals surface area contributed by atoms with Gasteiger partial charge in [-0.15, -0.1) is 0 Å². The van der Waals surface area contributed by atoms with Crippen molar-refractivity contribution in [1.29, 1.82) is 0 Å². The van der Waals surface area contributed by atoms with E-state index in [-0.39, 0.29) is 0 Å². The lowest BCUT2D eigenvalue weighted by Crippen LogP contribution is -2.20. The molecule has 1 aromatic rings. The molecule has 0 amide bonds. The highest BCUT2D eigenvalue weighted by atomic mass is 16.5. The third-order valence-corrected chi connectivity index (χ3v) is 3.91. The Morgan fingerprint density at radius 1 is 1.25 bits per heavy atom. The van der Waals surface area contributed by atoms with Crippen LogP contribution in [0.5, 0.6) is 5.75 Å². The molecule has 0 spiro atoms. The molecule has 0 aromatic heterocycles. The number of unbranched alkanes of at least 4 members (excludes halogenated alkanes) is 1. The molecule has 1 aromatic carbocycles. The van der Waals surface area contributed by atoms with Crippen molar-refractivity contribution in [3.63, 3.8) is 0 Å². The van der Waals surface area contributed by atoms with Crippen LogP contribution in [0.2, 0.25) is 0 Å². The molecule has 2 rings (SSSR count). The van der Waals surface area contributed by atoms with Crippen LogP contribution >= 0.6 is 0 Å². The van der Waals surface area contributed by atoms with Gasteiger partial charge in [0.1, 0.15) is 5.75 Å². The van der Waals surface area contributed by atoms with Crippen molar-refractivity contribution in [2.75, 3.05) is 20.8 Å². The maximum atomic E-state index is 5.48. The number of ether oxygens (including phenoxy) is 2. The highest BCUT2D eigenvalue weighted by molar-refractivity contribution is 5.38. The highest BCUT2D eigenvalue weighted by Gasteiger charge is 2.23. The Balaban J connectivity index is 1.98. The van der Waals surface area contributed by atoms with E-state index in [0.29, 0.717) is 6.04 Å². The van der Waals surface area contributed by atoms with Gasteiger partial charge in [0.25, 0.3) is 0 Å². The fourth-order valence-electron chi connectivity index (χ4n) is 2.52. The number of aryl methyl sites for hydroxylation is 1. The zero-order valence-electron chi connectivity index (χ0n) is 12.9. The predicted octanol–water partition coefficient (Wildman–Crippen LogP) is 3.48. The maximum Gasteiger partial charge on any atom is 0.122 e. The van der Waals surface area contributed by atoms with Crippen molar-refractivity contribution in [3.05, 3.63) is 29.3 Å². The van der Waals surface area contributed by atoms with Crippen LogP contribution in [0, 0.1) is 0 Å². The first-order chi connectivity index (χ1) is 9.74. The summed E-state index contributed by atoms with van der Waals surface area (Å²) in [5.41, 5.74) is 2.67. The molecule has 0 bridgehead atoms. The second kappa shape index (κ2) is 7.65. The minimum atomic E-state index is 0.422. The molecule has 0 saturated heterocycles. The lowest BCUT2D eigenvalue weighted by molar-refractivity contribution is 0.193. The summed E-state index contributed by atoms with van der Waals surface area (Å²) < 4.78 is 10.6. The van der Waals surface area contributed by atoms with Crippen molar-refractivity contribution >= 4 is 0 Å². The van der Waals surface area contributed by atoms with Gasteiger partial charge in [-0.1, -0.05) is 12.1 Å². The number of methoxy groups -OCH3 is 2. The second-order valence-electron chi connectivity index (χ2n) is 5.68. The monoisotopic (exact) mass is 277 g/mol. The summed E-state index contributed by atoms with van der Waals surface area (Å²) in [7, 11) is 3.51. The van der Waals surface area contributed by atoms with E-state index in [2.05, 4.69) is 30.4 Å². The zero-order chi connectivity index (χ0) is 14.4. The first-order valence-electron chi connectivity index (χ1n) is 7.66. The minimum Gasteiger partial charge on any atom is -0.496 e. The summed E-state index contributed by atoms with van der Waals surface area (Å²) in [6.45, 7) is 3.08. The van der Waals surface area contributed by atoms with Gasteiger partial charge in [0.2, 0.25) is 0 Å². The summed E-state index contributed by atoms with van der Waals surface area (Å²) in [4.78, 5) is 0. The van der Waals surface area contributed by atoms with Gasteiger partial charge in [-0.3, -0.25) is 0 Å². The molecule has 20 heavy (non-hydrogen) atoms. The molecule has 1 aliphatic carbocycles. The van der Waals surface area contributed by atoms with Crippen molar-refractivity contribution in [1.82, 2.24) is 5.32 Å². The smallest absolute Gasteiger partial charge is 0.122 e. The van der Waals surface area contributed by atoms with Gasteiger partial charge in [-0.05, 0) is 56.2 Å². The third-order valence-electron chi connectivity index (χ3n) is 3.91. The quantitative estimate of drug-likeness (QED) is 0.701. The van der Waals surface area contributed by atoms with Crippen LogP contribution in [0.1, 0.15) is 49.8 Å². The average Bonchev–Trinajstić information content (AvgIpc) is 3.27.